The molecule has 130 valence electrons. The Morgan fingerprint density at radius 3 is 2.58 bits per heavy atom. The number of nitrogens with one attached hydrogen (secondary N) is 4. The molecule has 2 aliphatic rings. The summed E-state index contributed by atoms with van der Waals surface area (Å²) in [6, 6.07) is 8.14. The topological polar surface area (TPSA) is 82.3 Å². The van der Waals surface area contributed by atoms with E-state index in [1.807, 2.05) is 0 Å². The van der Waals surface area contributed by atoms with Crippen molar-refractivity contribution in [1.29, 1.82) is 0 Å². The molecule has 0 saturated carbocycles. The van der Waals surface area contributed by atoms with Gasteiger partial charge in [-0.3, -0.25) is 9.59 Å². The fourth-order valence-corrected chi connectivity index (χ4v) is 3.84. The number of carbonyl (C=O) groups excluding carboxylic acids is 2. The van der Waals surface area contributed by atoms with Crippen molar-refractivity contribution in [2.75, 3.05) is 7.05 Å². The van der Waals surface area contributed by atoms with E-state index in [1.54, 1.807) is 7.05 Å². The van der Waals surface area contributed by atoms with Crippen LogP contribution in [-0.2, 0) is 16.0 Å². The number of hydrogen-bond acceptors (Lipinski definition) is 4. The van der Waals surface area contributed by atoms with Gasteiger partial charge in [0.25, 0.3) is 0 Å². The summed E-state index contributed by atoms with van der Waals surface area (Å²) in [6.07, 6.45) is 1.22. The Balaban J connectivity index is 1.86. The second kappa shape index (κ2) is 6.91. The Bertz CT molecular complexity index is 614. The zero-order chi connectivity index (χ0) is 17.3. The molecule has 6 heteroatoms. The third-order valence-electron chi connectivity index (χ3n) is 4.93. The number of hydrazine groups is 1. The average Bonchev–Trinajstić information content (AvgIpc) is 2.97. The standard InChI is InChI=1S/C18H26N4O2/c1-10(2)8-11-4-6-12(7-5-11)13-9-14(23)20-17-15(13)16(21-22-17)18(24)19-3/h4-7,10,13,15-17,21-22H,8-9H2,1-3H3,(H,19,24)(H,20,23). The van der Waals surface area contributed by atoms with Crippen molar-refractivity contribution in [3.8, 4) is 0 Å². The maximum atomic E-state index is 12.2. The quantitative estimate of drug-likeness (QED) is 0.653. The second-order valence-corrected chi connectivity index (χ2v) is 7.15. The van der Waals surface area contributed by atoms with Crippen LogP contribution in [0.15, 0.2) is 24.3 Å². The van der Waals surface area contributed by atoms with Crippen LogP contribution in [0.4, 0.5) is 0 Å². The third kappa shape index (κ3) is 3.30. The van der Waals surface area contributed by atoms with E-state index < -0.39 is 0 Å². The van der Waals surface area contributed by atoms with Gasteiger partial charge in [-0.25, -0.2) is 10.9 Å². The van der Waals surface area contributed by atoms with Crippen molar-refractivity contribution in [2.24, 2.45) is 11.8 Å². The lowest BCUT2D eigenvalue weighted by Gasteiger charge is -2.35. The van der Waals surface area contributed by atoms with Crippen LogP contribution >= 0.6 is 0 Å². The van der Waals surface area contributed by atoms with Crippen LogP contribution in [0.3, 0.4) is 0 Å². The maximum Gasteiger partial charge on any atom is 0.238 e. The van der Waals surface area contributed by atoms with E-state index in [2.05, 4.69) is 59.6 Å². The van der Waals surface area contributed by atoms with Gasteiger partial charge >= 0.3 is 0 Å². The molecule has 0 spiro atoms. The summed E-state index contributed by atoms with van der Waals surface area (Å²) in [5.74, 6) is 0.564. The molecule has 3 rings (SSSR count). The molecule has 4 unspecified atom stereocenters. The minimum absolute atomic E-state index is 0.0133. The minimum Gasteiger partial charge on any atom is -0.358 e. The van der Waals surface area contributed by atoms with E-state index in [-0.39, 0.29) is 35.9 Å². The van der Waals surface area contributed by atoms with Crippen molar-refractivity contribution in [2.45, 2.75) is 44.8 Å². The molecule has 2 heterocycles. The Hall–Kier alpha value is -1.92. The van der Waals surface area contributed by atoms with Crippen LogP contribution in [0.1, 0.15) is 37.3 Å². The number of benzene rings is 1. The third-order valence-corrected chi connectivity index (χ3v) is 4.93. The molecule has 0 radical (unpaired) electrons. The Labute approximate surface area is 142 Å². The molecule has 2 saturated heterocycles. The Kier molecular flexibility index (Phi) is 4.87. The number of rotatable bonds is 4. The molecule has 0 aromatic heterocycles. The van der Waals surface area contributed by atoms with Gasteiger partial charge < -0.3 is 10.6 Å². The molecular weight excluding hydrogens is 304 g/mol. The van der Waals surface area contributed by atoms with Crippen LogP contribution < -0.4 is 21.5 Å². The molecule has 2 amide bonds. The van der Waals surface area contributed by atoms with E-state index in [1.165, 1.54) is 5.56 Å². The highest BCUT2D eigenvalue weighted by Gasteiger charge is 2.48. The van der Waals surface area contributed by atoms with Gasteiger partial charge in [0.2, 0.25) is 11.8 Å². The summed E-state index contributed by atoms with van der Waals surface area (Å²) in [6.45, 7) is 4.40. The van der Waals surface area contributed by atoms with Gasteiger partial charge in [-0.2, -0.15) is 0 Å². The van der Waals surface area contributed by atoms with Crippen molar-refractivity contribution in [1.82, 2.24) is 21.5 Å². The van der Waals surface area contributed by atoms with Gasteiger partial charge in [0.1, 0.15) is 6.04 Å². The molecule has 6 nitrogen and oxygen atoms in total. The summed E-state index contributed by atoms with van der Waals surface area (Å²) in [7, 11) is 1.63. The van der Waals surface area contributed by atoms with Crippen LogP contribution in [0, 0.1) is 11.8 Å². The van der Waals surface area contributed by atoms with E-state index in [0.29, 0.717) is 12.3 Å². The summed E-state index contributed by atoms with van der Waals surface area (Å²) in [5, 5.41) is 5.63. The van der Waals surface area contributed by atoms with Crippen LogP contribution in [0.5, 0.6) is 0 Å². The van der Waals surface area contributed by atoms with Crippen molar-refractivity contribution >= 4 is 11.8 Å². The predicted molar refractivity (Wildman–Crippen MR) is 91.9 cm³/mol. The van der Waals surface area contributed by atoms with Crippen LogP contribution in [0.25, 0.3) is 0 Å². The van der Waals surface area contributed by atoms with Crippen molar-refractivity contribution in [3.05, 3.63) is 35.4 Å². The van der Waals surface area contributed by atoms with Gasteiger partial charge in [-0.1, -0.05) is 38.1 Å². The van der Waals surface area contributed by atoms with E-state index in [4.69, 9.17) is 0 Å². The lowest BCUT2D eigenvalue weighted by molar-refractivity contribution is -0.128. The van der Waals surface area contributed by atoms with Gasteiger partial charge in [0, 0.05) is 25.3 Å². The normalized spacial score (nSPS) is 29.2. The van der Waals surface area contributed by atoms with Gasteiger partial charge in [0.15, 0.2) is 0 Å². The zero-order valence-corrected chi connectivity index (χ0v) is 14.4. The van der Waals surface area contributed by atoms with Crippen molar-refractivity contribution in [3.63, 3.8) is 0 Å². The van der Waals surface area contributed by atoms with E-state index >= 15 is 0 Å². The first-order valence-corrected chi connectivity index (χ1v) is 8.60. The Morgan fingerprint density at radius 1 is 1.25 bits per heavy atom. The lowest BCUT2D eigenvalue weighted by atomic mass is 9.75. The van der Waals surface area contributed by atoms with Gasteiger partial charge in [-0.15, -0.1) is 0 Å². The maximum absolute atomic E-state index is 12.2. The number of likely N-dealkylation sites (N-methyl/N-ethyl adjacent to an activating group) is 1. The van der Waals surface area contributed by atoms with Crippen LogP contribution in [0.2, 0.25) is 0 Å². The first kappa shape index (κ1) is 16.9. The Morgan fingerprint density at radius 2 is 1.96 bits per heavy atom. The first-order chi connectivity index (χ1) is 11.5. The summed E-state index contributed by atoms with van der Waals surface area (Å²) in [4.78, 5) is 24.2. The molecule has 24 heavy (non-hydrogen) atoms. The molecule has 4 N–H and O–H groups in total. The highest BCUT2D eigenvalue weighted by molar-refractivity contribution is 5.84. The summed E-state index contributed by atoms with van der Waals surface area (Å²) < 4.78 is 0. The fourth-order valence-electron chi connectivity index (χ4n) is 3.84. The minimum atomic E-state index is -0.360. The van der Waals surface area contributed by atoms with E-state index in [9.17, 15) is 9.59 Å². The largest absolute Gasteiger partial charge is 0.358 e. The molecule has 4 atom stereocenters. The smallest absolute Gasteiger partial charge is 0.238 e. The molecule has 0 bridgehead atoms. The zero-order valence-electron chi connectivity index (χ0n) is 14.4. The first-order valence-electron chi connectivity index (χ1n) is 8.60. The number of carbonyl (C=O) groups is 2. The highest BCUT2D eigenvalue weighted by Crippen LogP contribution is 2.37. The fraction of sp³-hybridized carbons (Fsp3) is 0.556. The summed E-state index contributed by atoms with van der Waals surface area (Å²) in [5.41, 5.74) is 8.50. The number of hydrogen-bond donors (Lipinski definition) is 4. The molecule has 1 aromatic rings. The van der Waals surface area contributed by atoms with Crippen molar-refractivity contribution < 1.29 is 9.59 Å². The van der Waals surface area contributed by atoms with E-state index in [0.717, 1.165) is 12.0 Å². The predicted octanol–water partition coefficient (Wildman–Crippen LogP) is 0.653. The highest BCUT2D eigenvalue weighted by atomic mass is 16.2. The molecule has 2 aliphatic heterocycles. The van der Waals surface area contributed by atoms with Crippen LogP contribution in [-0.4, -0.2) is 31.1 Å². The molecule has 2 fully saturated rings. The number of fused-ring (bicyclic) bond motifs is 1. The summed E-state index contributed by atoms with van der Waals surface area (Å²) >= 11 is 0. The van der Waals surface area contributed by atoms with Gasteiger partial charge in [-0.05, 0) is 23.5 Å². The SMILES string of the molecule is CNC(=O)C1NNC2NC(=O)CC(c3ccc(CC(C)C)cc3)C21. The van der Waals surface area contributed by atoms with Gasteiger partial charge in [0.05, 0.1) is 6.17 Å². The second-order valence-electron chi connectivity index (χ2n) is 7.15. The average molecular weight is 330 g/mol. The number of amides is 2. The lowest BCUT2D eigenvalue weighted by Crippen LogP contribution is -2.53. The molecule has 1 aromatic carbocycles. The monoisotopic (exact) mass is 330 g/mol. The molecular formula is C18H26N4O2. The molecule has 0 aliphatic carbocycles. The number of piperidine rings is 1.